The van der Waals surface area contributed by atoms with Crippen LogP contribution in [0.15, 0.2) is 18.2 Å². The molecular weight excluding hydrogens is 248 g/mol. The van der Waals surface area contributed by atoms with Gasteiger partial charge in [0.1, 0.15) is 0 Å². The number of aryl methyl sites for hydroxylation is 1. The molecule has 1 aromatic rings. The van der Waals surface area contributed by atoms with Crippen molar-refractivity contribution in [2.75, 3.05) is 6.61 Å². The zero-order chi connectivity index (χ0) is 14.6. The Labute approximate surface area is 111 Å². The van der Waals surface area contributed by atoms with Crippen molar-refractivity contribution >= 4 is 11.6 Å². The smallest absolute Gasteiger partial charge is 0.270 e. The van der Waals surface area contributed by atoms with Crippen LogP contribution in [-0.2, 0) is 0 Å². The third-order valence-corrected chi connectivity index (χ3v) is 3.22. The van der Waals surface area contributed by atoms with Crippen molar-refractivity contribution in [1.29, 1.82) is 0 Å². The maximum Gasteiger partial charge on any atom is 0.270 e. The quantitative estimate of drug-likeness (QED) is 0.627. The Morgan fingerprint density at radius 2 is 2.16 bits per heavy atom. The second kappa shape index (κ2) is 5.79. The molecule has 0 bridgehead atoms. The van der Waals surface area contributed by atoms with E-state index in [1.165, 1.54) is 18.2 Å². The lowest BCUT2D eigenvalue weighted by Crippen LogP contribution is -2.48. The van der Waals surface area contributed by atoms with Gasteiger partial charge in [0.05, 0.1) is 17.1 Å². The molecule has 2 N–H and O–H groups in total. The van der Waals surface area contributed by atoms with Gasteiger partial charge in [-0.15, -0.1) is 0 Å². The first-order valence-corrected chi connectivity index (χ1v) is 6.01. The van der Waals surface area contributed by atoms with Gasteiger partial charge in [0, 0.05) is 17.7 Å². The summed E-state index contributed by atoms with van der Waals surface area (Å²) in [6, 6.07) is 4.14. The summed E-state index contributed by atoms with van der Waals surface area (Å²) in [5, 5.41) is 22.7. The van der Waals surface area contributed by atoms with Crippen LogP contribution in [0, 0.1) is 17.0 Å². The number of rotatable bonds is 5. The lowest BCUT2D eigenvalue weighted by molar-refractivity contribution is -0.384. The van der Waals surface area contributed by atoms with E-state index in [4.69, 9.17) is 0 Å². The predicted octanol–water partition coefficient (Wildman–Crippen LogP) is 1.79. The molecule has 0 spiro atoms. The first-order valence-electron chi connectivity index (χ1n) is 6.01. The average molecular weight is 266 g/mol. The molecule has 0 aliphatic heterocycles. The van der Waals surface area contributed by atoms with Gasteiger partial charge in [-0.05, 0) is 25.8 Å². The molecule has 0 heterocycles. The van der Waals surface area contributed by atoms with Gasteiger partial charge in [-0.3, -0.25) is 14.9 Å². The number of nitro groups is 1. The number of hydrogen-bond donors (Lipinski definition) is 2. The molecule has 0 radical (unpaired) electrons. The molecule has 104 valence electrons. The standard InChI is InChI=1S/C13H18N2O4/c1-4-13(3,8-16)14-12(17)11-7-10(15(18)19)6-5-9(11)2/h5-7,16H,4,8H2,1-3H3,(H,14,17). The molecule has 1 aromatic carbocycles. The second-order valence-corrected chi connectivity index (χ2v) is 4.78. The van der Waals surface area contributed by atoms with Gasteiger partial charge >= 0.3 is 0 Å². The van der Waals surface area contributed by atoms with Crippen molar-refractivity contribution in [3.63, 3.8) is 0 Å². The summed E-state index contributed by atoms with van der Waals surface area (Å²) in [4.78, 5) is 22.3. The fraction of sp³-hybridized carbons (Fsp3) is 0.462. The first kappa shape index (κ1) is 15.1. The van der Waals surface area contributed by atoms with Gasteiger partial charge in [-0.1, -0.05) is 13.0 Å². The number of benzene rings is 1. The van der Waals surface area contributed by atoms with Crippen molar-refractivity contribution in [3.8, 4) is 0 Å². The maximum absolute atomic E-state index is 12.1. The van der Waals surface area contributed by atoms with Crippen LogP contribution in [0.4, 0.5) is 5.69 Å². The lowest BCUT2D eigenvalue weighted by atomic mass is 9.98. The number of hydrogen-bond acceptors (Lipinski definition) is 4. The monoisotopic (exact) mass is 266 g/mol. The molecule has 0 saturated carbocycles. The molecule has 0 saturated heterocycles. The Morgan fingerprint density at radius 3 is 2.63 bits per heavy atom. The van der Waals surface area contributed by atoms with Crippen LogP contribution in [0.3, 0.4) is 0 Å². The number of aliphatic hydroxyl groups excluding tert-OH is 1. The Morgan fingerprint density at radius 1 is 1.53 bits per heavy atom. The minimum atomic E-state index is -0.728. The second-order valence-electron chi connectivity index (χ2n) is 4.78. The number of amides is 1. The Kier molecular flexibility index (Phi) is 4.61. The number of nitro benzene ring substituents is 1. The highest BCUT2D eigenvalue weighted by molar-refractivity contribution is 5.96. The molecule has 1 atom stereocenters. The average Bonchev–Trinajstić information content (AvgIpc) is 2.38. The molecule has 1 amide bonds. The van der Waals surface area contributed by atoms with E-state index in [-0.39, 0.29) is 17.9 Å². The van der Waals surface area contributed by atoms with Crippen LogP contribution < -0.4 is 5.32 Å². The third-order valence-electron chi connectivity index (χ3n) is 3.22. The molecule has 0 aliphatic rings. The van der Waals surface area contributed by atoms with E-state index in [9.17, 15) is 20.0 Å². The molecule has 19 heavy (non-hydrogen) atoms. The number of nitrogens with zero attached hydrogens (tertiary/aromatic N) is 1. The summed E-state index contributed by atoms with van der Waals surface area (Å²) in [5.41, 5.74) is 0.0495. The zero-order valence-corrected chi connectivity index (χ0v) is 11.3. The van der Waals surface area contributed by atoms with Crippen LogP contribution in [0.5, 0.6) is 0 Å². The van der Waals surface area contributed by atoms with Crippen molar-refractivity contribution in [3.05, 3.63) is 39.4 Å². The highest BCUT2D eigenvalue weighted by Crippen LogP contribution is 2.18. The minimum absolute atomic E-state index is 0.127. The van der Waals surface area contributed by atoms with Crippen LogP contribution in [-0.4, -0.2) is 28.1 Å². The molecule has 1 rings (SSSR count). The summed E-state index contributed by atoms with van der Waals surface area (Å²) in [7, 11) is 0. The van der Waals surface area contributed by atoms with Gasteiger partial charge < -0.3 is 10.4 Å². The SMILES string of the molecule is CCC(C)(CO)NC(=O)c1cc([N+](=O)[O-])ccc1C. The van der Waals surface area contributed by atoms with Crippen molar-refractivity contribution < 1.29 is 14.8 Å². The van der Waals surface area contributed by atoms with Gasteiger partial charge in [-0.2, -0.15) is 0 Å². The maximum atomic E-state index is 12.1. The molecule has 1 unspecified atom stereocenters. The third kappa shape index (κ3) is 3.51. The Balaban J connectivity index is 3.06. The van der Waals surface area contributed by atoms with E-state index >= 15 is 0 Å². The van der Waals surface area contributed by atoms with Gasteiger partial charge in [0.2, 0.25) is 0 Å². The molecule has 6 heteroatoms. The van der Waals surface area contributed by atoms with Crippen molar-refractivity contribution in [1.82, 2.24) is 5.32 Å². The van der Waals surface area contributed by atoms with Crippen LogP contribution in [0.1, 0.15) is 36.2 Å². The van der Waals surface area contributed by atoms with Crippen LogP contribution in [0.2, 0.25) is 0 Å². The summed E-state index contributed by atoms with van der Waals surface area (Å²) >= 11 is 0. The van der Waals surface area contributed by atoms with Crippen molar-refractivity contribution in [2.45, 2.75) is 32.7 Å². The molecular formula is C13H18N2O4. The largest absolute Gasteiger partial charge is 0.394 e. The fourth-order valence-electron chi connectivity index (χ4n) is 1.55. The van der Waals surface area contributed by atoms with Crippen LogP contribution in [0.25, 0.3) is 0 Å². The number of nitrogens with one attached hydrogen (secondary N) is 1. The Hall–Kier alpha value is -1.95. The van der Waals surface area contributed by atoms with E-state index in [1.807, 2.05) is 6.92 Å². The summed E-state index contributed by atoms with van der Waals surface area (Å²) in [6.45, 7) is 5.08. The predicted molar refractivity (Wildman–Crippen MR) is 71.1 cm³/mol. The lowest BCUT2D eigenvalue weighted by Gasteiger charge is -2.27. The van der Waals surface area contributed by atoms with E-state index in [2.05, 4.69) is 5.32 Å². The van der Waals surface area contributed by atoms with E-state index in [0.29, 0.717) is 12.0 Å². The Bertz CT molecular complexity index is 495. The van der Waals surface area contributed by atoms with Gasteiger partial charge in [0.25, 0.3) is 11.6 Å². The summed E-state index contributed by atoms with van der Waals surface area (Å²) in [5.74, 6) is -0.417. The molecule has 0 aromatic heterocycles. The fourth-order valence-corrected chi connectivity index (χ4v) is 1.55. The highest BCUT2D eigenvalue weighted by Gasteiger charge is 2.25. The van der Waals surface area contributed by atoms with E-state index in [1.54, 1.807) is 13.8 Å². The normalized spacial score (nSPS) is 13.7. The summed E-state index contributed by atoms with van der Waals surface area (Å²) < 4.78 is 0. The minimum Gasteiger partial charge on any atom is -0.394 e. The number of non-ortho nitro benzene ring substituents is 1. The van der Waals surface area contributed by atoms with E-state index < -0.39 is 16.4 Å². The molecule has 6 nitrogen and oxygen atoms in total. The van der Waals surface area contributed by atoms with Gasteiger partial charge in [-0.25, -0.2) is 0 Å². The van der Waals surface area contributed by atoms with E-state index in [0.717, 1.165) is 0 Å². The van der Waals surface area contributed by atoms with Gasteiger partial charge in [0.15, 0.2) is 0 Å². The highest BCUT2D eigenvalue weighted by atomic mass is 16.6. The molecule has 0 fully saturated rings. The number of carbonyl (C=O) groups excluding carboxylic acids is 1. The first-order chi connectivity index (χ1) is 8.83. The van der Waals surface area contributed by atoms with Crippen LogP contribution >= 0.6 is 0 Å². The zero-order valence-electron chi connectivity index (χ0n) is 11.3. The topological polar surface area (TPSA) is 92.5 Å². The molecule has 0 aliphatic carbocycles. The summed E-state index contributed by atoms with van der Waals surface area (Å²) in [6.07, 6.45) is 0.559. The number of aliphatic hydroxyl groups is 1. The number of carbonyl (C=O) groups is 1. The van der Waals surface area contributed by atoms with Crippen molar-refractivity contribution in [2.24, 2.45) is 0 Å².